The Morgan fingerprint density at radius 1 is 1.37 bits per heavy atom. The van der Waals surface area contributed by atoms with E-state index in [4.69, 9.17) is 25.4 Å². The number of anilines is 1. The van der Waals surface area contributed by atoms with Crippen molar-refractivity contribution < 1.29 is 24.2 Å². The summed E-state index contributed by atoms with van der Waals surface area (Å²) in [5.41, 5.74) is 0.819. The van der Waals surface area contributed by atoms with Crippen molar-refractivity contribution in [3.8, 4) is 0 Å². The number of imidazole rings is 1. The molecule has 3 rings (SSSR count). The molecule has 3 heterocycles. The summed E-state index contributed by atoms with van der Waals surface area (Å²) in [4.78, 5) is 35.3. The van der Waals surface area contributed by atoms with E-state index in [1.54, 1.807) is 4.57 Å². The van der Waals surface area contributed by atoms with E-state index in [0.29, 0.717) is 11.2 Å². The van der Waals surface area contributed by atoms with Crippen LogP contribution in [0.3, 0.4) is 0 Å². The third-order valence-electron chi connectivity index (χ3n) is 4.22. The first-order chi connectivity index (χ1) is 12.9. The summed E-state index contributed by atoms with van der Waals surface area (Å²) in [5, 5.41) is 9.55. The highest BCUT2D eigenvalue weighted by atomic mass is 16.6. The van der Waals surface area contributed by atoms with Crippen molar-refractivity contribution in [2.45, 2.75) is 44.6 Å². The maximum absolute atomic E-state index is 11.9. The Balaban J connectivity index is 1.77. The zero-order valence-electron chi connectivity index (χ0n) is 14.7. The zero-order valence-corrected chi connectivity index (χ0v) is 14.7. The molecule has 1 fully saturated rings. The Hall–Kier alpha value is -2.46. The average molecular weight is 369 g/mol. The van der Waals surface area contributed by atoms with Gasteiger partial charge in [0.15, 0.2) is 5.65 Å². The molecular weight excluding hydrogens is 352 g/mol. The predicted octanol–water partition coefficient (Wildman–Crippen LogP) is -0.639. The highest BCUT2D eigenvalue weighted by Gasteiger charge is 2.39. The molecule has 138 valence electrons. The van der Waals surface area contributed by atoms with Gasteiger partial charge in [-0.05, 0) is 6.92 Å². The minimum Gasteiger partial charge on any atom is -0.461 e. The van der Waals surface area contributed by atoms with Crippen molar-refractivity contribution in [1.29, 1.82) is 0 Å². The van der Waals surface area contributed by atoms with Crippen LogP contribution in [-0.2, 0) is 19.1 Å². The van der Waals surface area contributed by atoms with Gasteiger partial charge in [-0.1, -0.05) is 0 Å². The molecule has 1 aliphatic heterocycles. The van der Waals surface area contributed by atoms with Crippen molar-refractivity contribution in [2.75, 3.05) is 11.3 Å². The Kier molecular flexibility index (Phi) is 5.76. The van der Waals surface area contributed by atoms with Gasteiger partial charge in [-0.2, -0.15) is 0 Å². The molecule has 0 spiro atoms. The fourth-order valence-electron chi connectivity index (χ4n) is 2.90. The van der Waals surface area contributed by atoms with E-state index in [0.717, 1.165) is 4.72 Å². The molecule has 0 aromatic carbocycles. The van der Waals surface area contributed by atoms with Crippen LogP contribution in [0, 0.1) is 0 Å². The topological polar surface area (TPSA) is 120 Å². The highest BCUT2D eigenvalue weighted by molar-refractivity contribution is 6.42. The summed E-state index contributed by atoms with van der Waals surface area (Å²) in [5.74, 6) is -0.372. The molecule has 2 aromatic rings. The van der Waals surface area contributed by atoms with E-state index in [1.165, 1.54) is 19.6 Å². The summed E-state index contributed by atoms with van der Waals surface area (Å²) in [6.45, 7) is 1.08. The third-order valence-corrected chi connectivity index (χ3v) is 4.22. The number of hydrogen-bond acceptors (Lipinski definition) is 9. The molecule has 10 nitrogen and oxygen atoms in total. The first-order valence-electron chi connectivity index (χ1n) is 8.33. The fourth-order valence-corrected chi connectivity index (χ4v) is 2.90. The lowest BCUT2D eigenvalue weighted by molar-refractivity contribution is -0.153. The van der Waals surface area contributed by atoms with E-state index in [1.807, 2.05) is 0 Å². The molecule has 2 aromatic heterocycles. The van der Waals surface area contributed by atoms with Crippen LogP contribution in [0.2, 0.25) is 0 Å². The van der Waals surface area contributed by atoms with Crippen LogP contribution in [0.1, 0.15) is 32.4 Å². The van der Waals surface area contributed by atoms with Gasteiger partial charge in [-0.25, -0.2) is 15.0 Å². The van der Waals surface area contributed by atoms with Gasteiger partial charge < -0.3 is 24.1 Å². The van der Waals surface area contributed by atoms with Crippen molar-refractivity contribution in [2.24, 2.45) is 0 Å². The van der Waals surface area contributed by atoms with Gasteiger partial charge in [0.05, 0.1) is 19.4 Å². The van der Waals surface area contributed by atoms with Gasteiger partial charge in [-0.15, -0.1) is 0 Å². The predicted molar refractivity (Wildman–Crippen MR) is 94.7 cm³/mol. The number of aliphatic hydroxyl groups excluding tert-OH is 1. The minimum atomic E-state index is -0.699. The SMILES string of the molecule is [B]N([B])c1ncnc2c1ncn2[C@H]1CC(OC(=O)CCC(C)=O)[C@@H](CO)O1. The maximum atomic E-state index is 11.9. The average Bonchev–Trinajstić information content (AvgIpc) is 3.23. The second kappa shape index (κ2) is 8.05. The van der Waals surface area contributed by atoms with Crippen molar-refractivity contribution in [1.82, 2.24) is 19.5 Å². The Labute approximate surface area is 157 Å². The van der Waals surface area contributed by atoms with E-state index < -0.39 is 24.4 Å². The molecule has 0 aliphatic carbocycles. The Morgan fingerprint density at radius 2 is 2.15 bits per heavy atom. The monoisotopic (exact) mass is 369 g/mol. The molecule has 3 atom stereocenters. The van der Waals surface area contributed by atoms with Crippen LogP contribution in [-0.4, -0.2) is 71.2 Å². The van der Waals surface area contributed by atoms with Crippen LogP contribution in [0.4, 0.5) is 5.82 Å². The normalized spacial score (nSPS) is 22.1. The number of carbonyl (C=O) groups is 2. The highest BCUT2D eigenvalue weighted by Crippen LogP contribution is 2.33. The van der Waals surface area contributed by atoms with Gasteiger partial charge in [0.25, 0.3) is 0 Å². The van der Waals surface area contributed by atoms with Crippen LogP contribution >= 0.6 is 0 Å². The number of rotatable bonds is 7. The lowest BCUT2D eigenvalue weighted by Gasteiger charge is -2.16. The van der Waals surface area contributed by atoms with Crippen molar-refractivity contribution in [3.05, 3.63) is 12.7 Å². The number of carbonyl (C=O) groups excluding carboxylic acids is 2. The number of ether oxygens (including phenoxy) is 2. The van der Waals surface area contributed by atoms with E-state index in [2.05, 4.69) is 15.0 Å². The first kappa shape index (κ1) is 19.3. The maximum Gasteiger partial charge on any atom is 0.306 e. The number of nitrogens with zero attached hydrogens (tertiary/aromatic N) is 5. The number of aliphatic hydroxyl groups is 1. The van der Waals surface area contributed by atoms with Crippen molar-refractivity contribution in [3.63, 3.8) is 0 Å². The van der Waals surface area contributed by atoms with Gasteiger partial charge in [-0.3, -0.25) is 9.36 Å². The van der Waals surface area contributed by atoms with E-state index in [-0.39, 0.29) is 37.5 Å². The number of esters is 1. The van der Waals surface area contributed by atoms with Crippen molar-refractivity contribution >= 4 is 44.7 Å². The first-order valence-corrected chi connectivity index (χ1v) is 8.33. The number of aromatic nitrogens is 4. The molecule has 27 heavy (non-hydrogen) atoms. The summed E-state index contributed by atoms with van der Waals surface area (Å²) >= 11 is 0. The second-order valence-corrected chi connectivity index (χ2v) is 6.21. The standard InChI is InChI=1S/C15H17B2N5O5/c1-8(24)2-3-12(25)27-9-4-11(26-10(9)5-23)21-7-20-13-14(21)18-6-19-15(13)22(16)17/h6-7,9-11,23H,2-5H2,1H3/t9?,10-,11-/m1/s1. The van der Waals surface area contributed by atoms with Gasteiger partial charge >= 0.3 is 5.97 Å². The summed E-state index contributed by atoms with van der Waals surface area (Å²) in [7, 11) is 11.1. The lowest BCUT2D eigenvalue weighted by atomic mass is 10.1. The Morgan fingerprint density at radius 3 is 2.81 bits per heavy atom. The largest absolute Gasteiger partial charge is 0.461 e. The molecular formula is C15H17B2N5O5. The Bertz CT molecular complexity index is 845. The smallest absolute Gasteiger partial charge is 0.306 e. The molecule has 4 radical (unpaired) electrons. The number of ketones is 1. The third kappa shape index (κ3) is 4.11. The zero-order chi connectivity index (χ0) is 19.6. The number of Topliss-reactive ketones (excluding diaryl/α,β-unsaturated/α-hetero) is 1. The van der Waals surface area contributed by atoms with Gasteiger partial charge in [0.1, 0.15) is 41.9 Å². The molecule has 1 unspecified atom stereocenters. The molecule has 0 bridgehead atoms. The summed E-state index contributed by atoms with van der Waals surface area (Å²) in [6.07, 6.45) is 1.25. The van der Waals surface area contributed by atoms with Crippen LogP contribution in [0.5, 0.6) is 0 Å². The van der Waals surface area contributed by atoms with Crippen LogP contribution in [0.25, 0.3) is 11.2 Å². The molecule has 1 N–H and O–H groups in total. The summed E-state index contributed by atoms with van der Waals surface area (Å²) < 4.78 is 13.6. The molecule has 0 amide bonds. The van der Waals surface area contributed by atoms with E-state index >= 15 is 0 Å². The van der Waals surface area contributed by atoms with Crippen LogP contribution in [0.15, 0.2) is 12.7 Å². The van der Waals surface area contributed by atoms with Crippen LogP contribution < -0.4 is 4.72 Å². The number of hydrogen-bond donors (Lipinski definition) is 1. The summed E-state index contributed by atoms with van der Waals surface area (Å²) in [6, 6.07) is 0. The molecule has 0 saturated carbocycles. The quantitative estimate of drug-likeness (QED) is 0.502. The molecule has 1 saturated heterocycles. The fraction of sp³-hybridized carbons (Fsp3) is 0.533. The lowest BCUT2D eigenvalue weighted by Crippen LogP contribution is -2.30. The number of fused-ring (bicyclic) bond motifs is 1. The van der Waals surface area contributed by atoms with Gasteiger partial charge in [0, 0.05) is 12.8 Å². The minimum absolute atomic E-state index is 0.0118. The van der Waals surface area contributed by atoms with Gasteiger partial charge in [0.2, 0.25) is 16.0 Å². The van der Waals surface area contributed by atoms with E-state index in [9.17, 15) is 14.7 Å². The second-order valence-electron chi connectivity index (χ2n) is 6.21. The molecule has 12 heteroatoms. The molecule has 1 aliphatic rings.